The molecule has 9 heteroatoms. The van der Waals surface area contributed by atoms with Crippen molar-refractivity contribution in [3.63, 3.8) is 0 Å². The molecule has 0 radical (unpaired) electrons. The first-order chi connectivity index (χ1) is 18.8. The predicted molar refractivity (Wildman–Crippen MR) is 145 cm³/mol. The van der Waals surface area contributed by atoms with Gasteiger partial charge in [-0.05, 0) is 45.2 Å². The molecular weight excluding hydrogens is 504 g/mol. The monoisotopic (exact) mass is 542 g/mol. The third-order valence-corrected chi connectivity index (χ3v) is 6.56. The Bertz CT molecular complexity index is 1220. The Hall–Kier alpha value is -3.59. The molecule has 1 aliphatic rings. The summed E-state index contributed by atoms with van der Waals surface area (Å²) >= 11 is 0. The van der Waals surface area contributed by atoms with Crippen LogP contribution < -0.4 is 18.9 Å². The van der Waals surface area contributed by atoms with Gasteiger partial charge >= 0.3 is 11.9 Å². The normalized spacial score (nSPS) is 12.1. The Morgan fingerprint density at radius 1 is 0.949 bits per heavy atom. The molecule has 0 amide bonds. The number of benzene rings is 2. The van der Waals surface area contributed by atoms with Crippen LogP contribution >= 0.6 is 0 Å². The van der Waals surface area contributed by atoms with E-state index < -0.39 is 11.9 Å². The molecule has 0 spiro atoms. The molecule has 1 aliphatic heterocycles. The Balaban J connectivity index is 2.22. The zero-order chi connectivity index (χ0) is 28.5. The third-order valence-electron chi connectivity index (χ3n) is 6.56. The van der Waals surface area contributed by atoms with Crippen molar-refractivity contribution in [3.8, 4) is 28.7 Å². The lowest BCUT2D eigenvalue weighted by Crippen LogP contribution is -2.15. The molecule has 3 rings (SSSR count). The molecule has 39 heavy (non-hydrogen) atoms. The number of aromatic carboxylic acids is 1. The van der Waals surface area contributed by atoms with Gasteiger partial charge in [0.1, 0.15) is 22.6 Å². The second-order valence-electron chi connectivity index (χ2n) is 9.44. The van der Waals surface area contributed by atoms with Gasteiger partial charge in [0.25, 0.3) is 0 Å². The molecule has 0 aromatic heterocycles. The van der Waals surface area contributed by atoms with Gasteiger partial charge in [0.2, 0.25) is 0 Å². The highest BCUT2D eigenvalue weighted by molar-refractivity contribution is 6.02. The van der Waals surface area contributed by atoms with Crippen LogP contribution in [0.3, 0.4) is 0 Å². The number of carboxylic acids is 1. The van der Waals surface area contributed by atoms with E-state index in [1.807, 2.05) is 0 Å². The van der Waals surface area contributed by atoms with E-state index in [1.165, 1.54) is 0 Å². The van der Waals surface area contributed by atoms with Crippen molar-refractivity contribution in [2.75, 3.05) is 19.8 Å². The zero-order valence-corrected chi connectivity index (χ0v) is 23.4. The van der Waals surface area contributed by atoms with E-state index in [2.05, 4.69) is 13.8 Å². The van der Waals surface area contributed by atoms with Crippen LogP contribution in [0.4, 0.5) is 0 Å². The Morgan fingerprint density at radius 3 is 2.21 bits per heavy atom. The van der Waals surface area contributed by atoms with Crippen LogP contribution in [0.2, 0.25) is 0 Å². The van der Waals surface area contributed by atoms with Crippen LogP contribution in [-0.2, 0) is 11.3 Å². The maximum absolute atomic E-state index is 13.5. The van der Waals surface area contributed by atoms with Gasteiger partial charge < -0.3 is 28.8 Å². The number of hydrogen-bond acceptors (Lipinski definition) is 8. The molecule has 0 fully saturated rings. The van der Waals surface area contributed by atoms with E-state index in [9.17, 15) is 19.5 Å². The molecule has 1 heterocycles. The van der Waals surface area contributed by atoms with Crippen LogP contribution in [0, 0.1) is 13.8 Å². The van der Waals surface area contributed by atoms with Crippen molar-refractivity contribution in [2.24, 2.45) is 0 Å². The Morgan fingerprint density at radius 2 is 1.62 bits per heavy atom. The number of rotatable bonds is 15. The minimum absolute atomic E-state index is 0.0132. The van der Waals surface area contributed by atoms with Crippen molar-refractivity contribution >= 4 is 18.2 Å². The summed E-state index contributed by atoms with van der Waals surface area (Å²) in [5.41, 5.74) is 0.965. The average Bonchev–Trinajstić information content (AvgIpc) is 3.05. The molecule has 0 bridgehead atoms. The quantitative estimate of drug-likeness (QED) is 0.112. The summed E-state index contributed by atoms with van der Waals surface area (Å²) < 4.78 is 29.6. The molecule has 0 unspecified atom stereocenters. The van der Waals surface area contributed by atoms with E-state index in [0.717, 1.165) is 38.5 Å². The van der Waals surface area contributed by atoms with Gasteiger partial charge in [0.05, 0.1) is 30.9 Å². The number of unbranched alkanes of at least 4 members (excludes halogenated alkanes) is 4. The van der Waals surface area contributed by atoms with Crippen molar-refractivity contribution < 1.29 is 43.2 Å². The largest absolute Gasteiger partial charge is 0.493 e. The van der Waals surface area contributed by atoms with Gasteiger partial charge in [-0.15, -0.1) is 0 Å². The van der Waals surface area contributed by atoms with Gasteiger partial charge in [0.15, 0.2) is 23.5 Å². The van der Waals surface area contributed by atoms with Crippen LogP contribution in [0.1, 0.15) is 107 Å². The maximum atomic E-state index is 13.5. The van der Waals surface area contributed by atoms with Gasteiger partial charge in [-0.3, -0.25) is 4.79 Å². The SMILES string of the molecule is CCCCCOc1cc(C)c2c(c1C=O)Oc1c(C)c(C(=O)O)c(OCCCCC)c(COCC)c1OC2=O. The van der Waals surface area contributed by atoms with Gasteiger partial charge in [0, 0.05) is 12.2 Å². The summed E-state index contributed by atoms with van der Waals surface area (Å²) in [5, 5.41) is 10.2. The minimum Gasteiger partial charge on any atom is -0.493 e. The van der Waals surface area contributed by atoms with Crippen molar-refractivity contribution in [3.05, 3.63) is 39.4 Å². The van der Waals surface area contributed by atoms with E-state index >= 15 is 0 Å². The fourth-order valence-electron chi connectivity index (χ4n) is 4.50. The van der Waals surface area contributed by atoms with E-state index in [0.29, 0.717) is 25.1 Å². The molecule has 0 aliphatic carbocycles. The number of aldehydes is 1. The summed E-state index contributed by atoms with van der Waals surface area (Å²) in [7, 11) is 0. The van der Waals surface area contributed by atoms with Gasteiger partial charge in [-0.25, -0.2) is 9.59 Å². The standard InChI is InChI=1S/C30H38O9/c1-6-9-11-13-36-22-15-18(4)23-27(20(22)16-31)38-25-19(5)24(29(32)33)26(37-14-12-10-7-2)21(17-35-8-3)28(25)39-30(23)34/h15-16H,6-14,17H2,1-5H3,(H,32,33). The second-order valence-corrected chi connectivity index (χ2v) is 9.44. The number of carbonyl (C=O) groups is 3. The molecule has 0 saturated heterocycles. The molecule has 2 aromatic rings. The van der Waals surface area contributed by atoms with E-state index in [1.54, 1.807) is 26.8 Å². The van der Waals surface area contributed by atoms with Gasteiger partial charge in [-0.1, -0.05) is 39.5 Å². The van der Waals surface area contributed by atoms with Crippen molar-refractivity contribution in [1.29, 1.82) is 0 Å². The molecule has 212 valence electrons. The van der Waals surface area contributed by atoms with Crippen LogP contribution in [0.15, 0.2) is 6.07 Å². The number of carboxylic acid groups (broad SMARTS) is 1. The Labute approximate surface area is 229 Å². The molecule has 0 atom stereocenters. The fraction of sp³-hybridized carbons (Fsp3) is 0.500. The highest BCUT2D eigenvalue weighted by atomic mass is 16.6. The van der Waals surface area contributed by atoms with Crippen molar-refractivity contribution in [1.82, 2.24) is 0 Å². The number of esters is 1. The Kier molecular flexibility index (Phi) is 10.7. The molecule has 9 nitrogen and oxygen atoms in total. The predicted octanol–water partition coefficient (Wildman–Crippen LogP) is 6.81. The van der Waals surface area contributed by atoms with Crippen molar-refractivity contribution in [2.45, 2.75) is 79.8 Å². The highest BCUT2D eigenvalue weighted by Crippen LogP contribution is 2.50. The first-order valence-electron chi connectivity index (χ1n) is 13.6. The minimum atomic E-state index is -1.22. The van der Waals surface area contributed by atoms with E-state index in [4.69, 9.17) is 23.7 Å². The summed E-state index contributed by atoms with van der Waals surface area (Å²) in [4.78, 5) is 38.2. The average molecular weight is 543 g/mol. The molecule has 1 N–H and O–H groups in total. The summed E-state index contributed by atoms with van der Waals surface area (Å²) in [6.07, 6.45) is 5.97. The summed E-state index contributed by atoms with van der Waals surface area (Å²) in [5.74, 6) is -1.59. The fourth-order valence-corrected chi connectivity index (χ4v) is 4.50. The smallest absolute Gasteiger partial charge is 0.347 e. The first kappa shape index (κ1) is 30.0. The molecular formula is C30H38O9. The van der Waals surface area contributed by atoms with Crippen LogP contribution in [0.5, 0.6) is 28.7 Å². The topological polar surface area (TPSA) is 118 Å². The summed E-state index contributed by atoms with van der Waals surface area (Å²) in [6, 6.07) is 1.62. The van der Waals surface area contributed by atoms with Gasteiger partial charge in [-0.2, -0.15) is 0 Å². The lowest BCUT2D eigenvalue weighted by Gasteiger charge is -2.22. The summed E-state index contributed by atoms with van der Waals surface area (Å²) in [6.45, 7) is 10.1. The van der Waals surface area contributed by atoms with Crippen LogP contribution in [0.25, 0.3) is 0 Å². The lowest BCUT2D eigenvalue weighted by molar-refractivity contribution is 0.0689. The number of aryl methyl sites for hydroxylation is 1. The third kappa shape index (κ3) is 6.53. The number of hydrogen-bond donors (Lipinski definition) is 1. The first-order valence-corrected chi connectivity index (χ1v) is 13.6. The number of ether oxygens (including phenoxy) is 5. The number of carbonyl (C=O) groups excluding carboxylic acids is 2. The zero-order valence-electron chi connectivity index (χ0n) is 23.4. The van der Waals surface area contributed by atoms with E-state index in [-0.39, 0.29) is 69.8 Å². The molecule has 2 aromatic carbocycles. The highest BCUT2D eigenvalue weighted by Gasteiger charge is 2.36. The second kappa shape index (κ2) is 14.0. The maximum Gasteiger partial charge on any atom is 0.347 e. The molecule has 0 saturated carbocycles. The number of fused-ring (bicyclic) bond motifs is 2. The lowest BCUT2D eigenvalue weighted by atomic mass is 10.00. The van der Waals surface area contributed by atoms with Crippen LogP contribution in [-0.4, -0.2) is 43.2 Å².